The van der Waals surface area contributed by atoms with Crippen LogP contribution in [0.5, 0.6) is 5.75 Å². The first kappa shape index (κ1) is 9.79. The third-order valence-electron chi connectivity index (χ3n) is 1.48. The summed E-state index contributed by atoms with van der Waals surface area (Å²) in [5.74, 6) is 0.380. The molecule has 0 aliphatic heterocycles. The number of methoxy groups -OCH3 is 1. The summed E-state index contributed by atoms with van der Waals surface area (Å²) in [5, 5.41) is 0. The molecule has 6 heteroatoms. The van der Waals surface area contributed by atoms with Crippen molar-refractivity contribution in [1.29, 1.82) is 0 Å². The van der Waals surface area contributed by atoms with Crippen LogP contribution in [0.4, 0.5) is 9.57 Å². The van der Waals surface area contributed by atoms with E-state index in [4.69, 9.17) is 10.5 Å². The van der Waals surface area contributed by atoms with Crippen molar-refractivity contribution in [3.63, 3.8) is 0 Å². The molecule has 0 spiro atoms. The Labute approximate surface area is 75.3 Å². The molecule has 0 saturated heterocycles. The Balaban J connectivity index is 3.29. The summed E-state index contributed by atoms with van der Waals surface area (Å²) in [6.07, 6.45) is 0. The summed E-state index contributed by atoms with van der Waals surface area (Å²) in [4.78, 5) is -0.534. The van der Waals surface area contributed by atoms with Gasteiger partial charge in [-0.1, -0.05) is 0 Å². The molecule has 0 amide bonds. The number of halogens is 1. The van der Waals surface area contributed by atoms with Crippen molar-refractivity contribution in [3.8, 4) is 5.75 Å². The molecular weight excluding hydrogens is 197 g/mol. The predicted octanol–water partition coefficient (Wildman–Crippen LogP) is 0.936. The second kappa shape index (κ2) is 3.21. The van der Waals surface area contributed by atoms with E-state index in [0.29, 0.717) is 5.75 Å². The van der Waals surface area contributed by atoms with E-state index >= 15 is 0 Å². The average Bonchev–Trinajstić information content (AvgIpc) is 2.01. The Morgan fingerprint density at radius 3 is 2.46 bits per heavy atom. The summed E-state index contributed by atoms with van der Waals surface area (Å²) in [6.45, 7) is 0. The lowest BCUT2D eigenvalue weighted by atomic mass is 10.3. The Morgan fingerprint density at radius 1 is 1.46 bits per heavy atom. The van der Waals surface area contributed by atoms with Gasteiger partial charge in [0.2, 0.25) is 0 Å². The van der Waals surface area contributed by atoms with Gasteiger partial charge in [-0.25, -0.2) is 0 Å². The highest BCUT2D eigenvalue weighted by Gasteiger charge is 2.15. The normalized spacial score (nSPS) is 11.2. The third kappa shape index (κ3) is 2.09. The van der Waals surface area contributed by atoms with E-state index in [2.05, 4.69) is 0 Å². The number of hydrogen-bond acceptors (Lipinski definition) is 4. The van der Waals surface area contributed by atoms with Crippen LogP contribution >= 0.6 is 0 Å². The van der Waals surface area contributed by atoms with E-state index in [1.165, 1.54) is 19.2 Å². The maximum atomic E-state index is 12.5. The molecule has 0 saturated carbocycles. The van der Waals surface area contributed by atoms with Crippen LogP contribution < -0.4 is 10.5 Å². The van der Waals surface area contributed by atoms with Crippen molar-refractivity contribution in [2.45, 2.75) is 4.90 Å². The lowest BCUT2D eigenvalue weighted by molar-refractivity contribution is 0.414. The molecule has 0 unspecified atom stereocenters. The number of nitrogens with two attached hydrogens (primary N) is 1. The monoisotopic (exact) mass is 205 g/mol. The summed E-state index contributed by atoms with van der Waals surface area (Å²) < 4.78 is 38.2. The van der Waals surface area contributed by atoms with Gasteiger partial charge in [0.15, 0.2) is 0 Å². The van der Waals surface area contributed by atoms with Gasteiger partial charge < -0.3 is 10.5 Å². The van der Waals surface area contributed by atoms with Gasteiger partial charge in [0.25, 0.3) is 0 Å². The lowest BCUT2D eigenvalue weighted by Gasteiger charge is -2.03. The van der Waals surface area contributed by atoms with Gasteiger partial charge in [0, 0.05) is 6.07 Å². The maximum Gasteiger partial charge on any atom is 0.334 e. The standard InChI is InChI=1S/C7H8FNO3S/c1-12-5-2-3-7(6(9)4-5)13(8,10)11/h2-4H,9H2,1H3. The van der Waals surface area contributed by atoms with Gasteiger partial charge in [-0.2, -0.15) is 8.42 Å². The number of benzene rings is 1. The number of rotatable bonds is 2. The summed E-state index contributed by atoms with van der Waals surface area (Å²) >= 11 is 0. The van der Waals surface area contributed by atoms with E-state index in [-0.39, 0.29) is 5.69 Å². The second-order valence-corrected chi connectivity index (χ2v) is 3.66. The highest BCUT2D eigenvalue weighted by Crippen LogP contribution is 2.24. The summed E-state index contributed by atoms with van der Waals surface area (Å²) in [7, 11) is -3.34. The SMILES string of the molecule is COc1ccc(S(=O)(=O)F)c(N)c1. The van der Waals surface area contributed by atoms with Crippen LogP contribution in [0.2, 0.25) is 0 Å². The molecule has 0 aliphatic rings. The van der Waals surface area contributed by atoms with Crippen LogP contribution in [-0.4, -0.2) is 15.5 Å². The van der Waals surface area contributed by atoms with Crippen LogP contribution in [0.25, 0.3) is 0 Å². The fourth-order valence-corrected chi connectivity index (χ4v) is 1.45. The minimum absolute atomic E-state index is 0.165. The molecule has 72 valence electrons. The first-order chi connectivity index (χ1) is 5.95. The Kier molecular flexibility index (Phi) is 2.42. The predicted molar refractivity (Wildman–Crippen MR) is 45.7 cm³/mol. The van der Waals surface area contributed by atoms with Crippen molar-refractivity contribution in [2.75, 3.05) is 12.8 Å². The molecule has 0 aromatic heterocycles. The van der Waals surface area contributed by atoms with Crippen LogP contribution in [0, 0.1) is 0 Å². The lowest BCUT2D eigenvalue weighted by Crippen LogP contribution is -1.99. The van der Waals surface area contributed by atoms with Crippen LogP contribution in [0.3, 0.4) is 0 Å². The zero-order valence-electron chi connectivity index (χ0n) is 6.82. The number of anilines is 1. The van der Waals surface area contributed by atoms with E-state index in [1.807, 2.05) is 0 Å². The van der Waals surface area contributed by atoms with Crippen molar-refractivity contribution in [2.24, 2.45) is 0 Å². The smallest absolute Gasteiger partial charge is 0.334 e. The molecule has 0 heterocycles. The molecule has 13 heavy (non-hydrogen) atoms. The Morgan fingerprint density at radius 2 is 2.08 bits per heavy atom. The van der Waals surface area contributed by atoms with Crippen LogP contribution in [0.15, 0.2) is 23.1 Å². The number of nitrogen functional groups attached to an aromatic ring is 1. The second-order valence-electron chi connectivity index (χ2n) is 2.34. The molecule has 0 radical (unpaired) electrons. The molecule has 4 nitrogen and oxygen atoms in total. The van der Waals surface area contributed by atoms with E-state index in [0.717, 1.165) is 6.07 Å². The van der Waals surface area contributed by atoms with E-state index < -0.39 is 15.1 Å². The van der Waals surface area contributed by atoms with Gasteiger partial charge in [-0.15, -0.1) is 3.89 Å². The van der Waals surface area contributed by atoms with Gasteiger partial charge >= 0.3 is 10.2 Å². The highest BCUT2D eigenvalue weighted by molar-refractivity contribution is 7.86. The van der Waals surface area contributed by atoms with Crippen molar-refractivity contribution in [1.82, 2.24) is 0 Å². The molecule has 2 N–H and O–H groups in total. The Bertz CT molecular complexity index is 416. The minimum Gasteiger partial charge on any atom is -0.497 e. The minimum atomic E-state index is -4.74. The van der Waals surface area contributed by atoms with E-state index in [9.17, 15) is 12.3 Å². The van der Waals surface area contributed by atoms with Gasteiger partial charge in [-0.05, 0) is 12.1 Å². The molecule has 0 atom stereocenters. The zero-order chi connectivity index (χ0) is 10.1. The van der Waals surface area contributed by atoms with E-state index in [1.54, 1.807) is 0 Å². The fourth-order valence-electron chi connectivity index (χ4n) is 0.876. The number of hydrogen-bond donors (Lipinski definition) is 1. The largest absolute Gasteiger partial charge is 0.497 e. The van der Waals surface area contributed by atoms with Crippen molar-refractivity contribution in [3.05, 3.63) is 18.2 Å². The quantitative estimate of drug-likeness (QED) is 0.576. The summed E-state index contributed by atoms with van der Waals surface area (Å²) in [5.41, 5.74) is 5.12. The van der Waals surface area contributed by atoms with Gasteiger partial charge in [0.05, 0.1) is 12.8 Å². The van der Waals surface area contributed by atoms with Crippen LogP contribution in [0.1, 0.15) is 0 Å². The molecule has 0 bridgehead atoms. The first-order valence-electron chi connectivity index (χ1n) is 3.33. The molecule has 0 aliphatic carbocycles. The Hall–Kier alpha value is -1.30. The molecule has 1 rings (SSSR count). The highest BCUT2D eigenvalue weighted by atomic mass is 32.3. The maximum absolute atomic E-state index is 12.5. The number of ether oxygens (including phenoxy) is 1. The first-order valence-corrected chi connectivity index (χ1v) is 4.71. The fraction of sp³-hybridized carbons (Fsp3) is 0.143. The molecular formula is C7H8FNO3S. The topological polar surface area (TPSA) is 69.4 Å². The van der Waals surface area contributed by atoms with Crippen molar-refractivity contribution < 1.29 is 17.0 Å². The van der Waals surface area contributed by atoms with Crippen LogP contribution in [-0.2, 0) is 10.2 Å². The average molecular weight is 205 g/mol. The molecule has 1 aromatic rings. The third-order valence-corrected chi connectivity index (χ3v) is 2.38. The summed E-state index contributed by atoms with van der Waals surface area (Å²) in [6, 6.07) is 3.62. The van der Waals surface area contributed by atoms with Gasteiger partial charge in [-0.3, -0.25) is 0 Å². The van der Waals surface area contributed by atoms with Gasteiger partial charge in [0.1, 0.15) is 10.6 Å². The molecule has 1 aromatic carbocycles. The van der Waals surface area contributed by atoms with Crippen molar-refractivity contribution >= 4 is 15.9 Å². The zero-order valence-corrected chi connectivity index (χ0v) is 7.64. The molecule has 0 fully saturated rings.